The van der Waals surface area contributed by atoms with Crippen molar-refractivity contribution in [2.45, 2.75) is 24.8 Å². The van der Waals surface area contributed by atoms with Crippen molar-refractivity contribution in [2.24, 2.45) is 0 Å². The lowest BCUT2D eigenvalue weighted by Gasteiger charge is -2.02. The molecule has 0 saturated carbocycles. The number of hydrogen-bond acceptors (Lipinski definition) is 3. The van der Waals surface area contributed by atoms with Gasteiger partial charge in [0, 0.05) is 0 Å². The highest BCUT2D eigenvalue weighted by Crippen LogP contribution is 2.27. The quantitative estimate of drug-likeness (QED) is 0.667. The Kier molecular flexibility index (Phi) is 4.59. The molecule has 1 aromatic heterocycles. The molecule has 72 valence electrons. The van der Waals surface area contributed by atoms with E-state index < -0.39 is 0 Å². The molecule has 0 saturated heterocycles. The van der Waals surface area contributed by atoms with Crippen molar-refractivity contribution in [3.05, 3.63) is 16.7 Å². The summed E-state index contributed by atoms with van der Waals surface area (Å²) in [6.07, 6.45) is 4.14. The first-order valence-corrected chi connectivity index (χ1v) is 6.05. The maximum absolute atomic E-state index is 5.58. The lowest BCUT2D eigenvalue weighted by Crippen LogP contribution is -1.89. The van der Waals surface area contributed by atoms with Crippen LogP contribution in [0.5, 0.6) is 0 Å². The number of unbranched alkanes of at least 4 members (excludes halogenated alkanes) is 1. The van der Waals surface area contributed by atoms with Crippen molar-refractivity contribution in [3.8, 4) is 0 Å². The van der Waals surface area contributed by atoms with Crippen molar-refractivity contribution in [1.82, 2.24) is 4.98 Å². The Hall–Kier alpha value is -0.220. The van der Waals surface area contributed by atoms with Crippen LogP contribution in [0, 0.1) is 0 Å². The van der Waals surface area contributed by atoms with Crippen LogP contribution < -0.4 is 5.73 Å². The van der Waals surface area contributed by atoms with Gasteiger partial charge in [-0.15, -0.1) is 11.8 Å². The monoisotopic (exact) mass is 260 g/mol. The Balaban J connectivity index is 2.56. The molecular weight excluding hydrogens is 248 g/mol. The molecule has 1 aromatic rings. The minimum absolute atomic E-state index is 0.701. The topological polar surface area (TPSA) is 38.9 Å². The van der Waals surface area contributed by atoms with Gasteiger partial charge in [0.15, 0.2) is 0 Å². The van der Waals surface area contributed by atoms with Crippen LogP contribution in [0.25, 0.3) is 0 Å². The number of thioether (sulfide) groups is 1. The second-order valence-electron chi connectivity index (χ2n) is 2.76. The highest BCUT2D eigenvalue weighted by Gasteiger charge is 2.01. The van der Waals surface area contributed by atoms with Crippen LogP contribution in [-0.4, -0.2) is 10.7 Å². The Bertz CT molecular complexity index is 278. The zero-order chi connectivity index (χ0) is 9.68. The van der Waals surface area contributed by atoms with Crippen LogP contribution in [0.15, 0.2) is 21.8 Å². The van der Waals surface area contributed by atoms with Crippen molar-refractivity contribution in [2.75, 3.05) is 11.5 Å². The van der Waals surface area contributed by atoms with Gasteiger partial charge < -0.3 is 5.73 Å². The molecule has 2 nitrogen and oxygen atoms in total. The minimum atomic E-state index is 0.701. The summed E-state index contributed by atoms with van der Waals surface area (Å²) in [5.41, 5.74) is 6.28. The van der Waals surface area contributed by atoms with Gasteiger partial charge in [0.2, 0.25) is 0 Å². The summed E-state index contributed by atoms with van der Waals surface area (Å²) in [7, 11) is 0. The number of aromatic nitrogens is 1. The van der Waals surface area contributed by atoms with E-state index in [0.29, 0.717) is 5.69 Å². The molecule has 0 aliphatic heterocycles. The fourth-order valence-corrected chi connectivity index (χ4v) is 2.52. The summed E-state index contributed by atoms with van der Waals surface area (Å²) in [4.78, 5) is 4.24. The Labute approximate surface area is 91.4 Å². The highest BCUT2D eigenvalue weighted by atomic mass is 79.9. The fourth-order valence-electron chi connectivity index (χ4n) is 0.860. The van der Waals surface area contributed by atoms with Crippen molar-refractivity contribution < 1.29 is 0 Å². The Morgan fingerprint density at radius 1 is 1.62 bits per heavy atom. The van der Waals surface area contributed by atoms with E-state index >= 15 is 0 Å². The molecule has 4 heteroatoms. The van der Waals surface area contributed by atoms with Gasteiger partial charge >= 0.3 is 0 Å². The van der Waals surface area contributed by atoms with Gasteiger partial charge in [-0.2, -0.15) is 0 Å². The van der Waals surface area contributed by atoms with Crippen LogP contribution in [0.2, 0.25) is 0 Å². The molecule has 0 fully saturated rings. The molecule has 0 spiro atoms. The van der Waals surface area contributed by atoms with Gasteiger partial charge in [0.25, 0.3) is 0 Å². The molecule has 0 radical (unpaired) electrons. The molecule has 0 unspecified atom stereocenters. The standard InChI is InChI=1S/C9H13BrN2S/c1-2-3-4-13-9-8(10)5-7(11)6-12-9/h5-6H,2-4,11H2,1H3. The number of anilines is 1. The summed E-state index contributed by atoms with van der Waals surface area (Å²) < 4.78 is 0.994. The molecule has 0 bridgehead atoms. The average Bonchev–Trinajstić information content (AvgIpc) is 2.09. The number of nitrogens with zero attached hydrogens (tertiary/aromatic N) is 1. The number of rotatable bonds is 4. The lowest BCUT2D eigenvalue weighted by atomic mass is 10.4. The second kappa shape index (κ2) is 5.50. The van der Waals surface area contributed by atoms with E-state index in [2.05, 4.69) is 27.8 Å². The van der Waals surface area contributed by atoms with Gasteiger partial charge in [-0.1, -0.05) is 13.3 Å². The number of nitrogen functional groups attached to an aromatic ring is 1. The van der Waals surface area contributed by atoms with Gasteiger partial charge in [-0.3, -0.25) is 0 Å². The Morgan fingerprint density at radius 2 is 2.38 bits per heavy atom. The lowest BCUT2D eigenvalue weighted by molar-refractivity contribution is 0.894. The number of halogens is 1. The SMILES string of the molecule is CCCCSc1ncc(N)cc1Br. The largest absolute Gasteiger partial charge is 0.397 e. The summed E-state index contributed by atoms with van der Waals surface area (Å²) in [6, 6.07) is 1.89. The van der Waals surface area contributed by atoms with E-state index in [1.165, 1.54) is 12.8 Å². The smallest absolute Gasteiger partial charge is 0.110 e. The van der Waals surface area contributed by atoms with Crippen LogP contribution >= 0.6 is 27.7 Å². The van der Waals surface area contributed by atoms with Crippen LogP contribution in [0.4, 0.5) is 5.69 Å². The third-order valence-corrected chi connectivity index (χ3v) is 3.52. The average molecular weight is 261 g/mol. The molecule has 0 aliphatic carbocycles. The van der Waals surface area contributed by atoms with E-state index in [1.54, 1.807) is 18.0 Å². The summed E-state index contributed by atoms with van der Waals surface area (Å²) in [6.45, 7) is 2.19. The first-order valence-electron chi connectivity index (χ1n) is 4.28. The predicted molar refractivity (Wildman–Crippen MR) is 62.0 cm³/mol. The summed E-state index contributed by atoms with van der Waals surface area (Å²) in [5.74, 6) is 1.12. The molecule has 2 N–H and O–H groups in total. The van der Waals surface area contributed by atoms with Gasteiger partial charge in [0.05, 0.1) is 16.4 Å². The maximum Gasteiger partial charge on any atom is 0.110 e. The maximum atomic E-state index is 5.58. The number of nitrogens with two attached hydrogens (primary N) is 1. The molecule has 0 amide bonds. The summed E-state index contributed by atoms with van der Waals surface area (Å²) >= 11 is 5.20. The van der Waals surface area contributed by atoms with Crippen LogP contribution in [-0.2, 0) is 0 Å². The minimum Gasteiger partial charge on any atom is -0.397 e. The van der Waals surface area contributed by atoms with Gasteiger partial charge in [-0.25, -0.2) is 4.98 Å². The van der Waals surface area contributed by atoms with Gasteiger partial charge in [-0.05, 0) is 34.2 Å². The van der Waals surface area contributed by atoms with E-state index in [4.69, 9.17) is 5.73 Å². The molecule has 0 atom stereocenters. The molecule has 13 heavy (non-hydrogen) atoms. The first kappa shape index (κ1) is 10.9. The van der Waals surface area contributed by atoms with Crippen LogP contribution in [0.3, 0.4) is 0 Å². The molecular formula is C9H13BrN2S. The highest BCUT2D eigenvalue weighted by molar-refractivity contribution is 9.10. The first-order chi connectivity index (χ1) is 6.24. The van der Waals surface area contributed by atoms with Gasteiger partial charge in [0.1, 0.15) is 5.03 Å². The third-order valence-electron chi connectivity index (χ3n) is 1.57. The number of hydrogen-bond donors (Lipinski definition) is 1. The molecule has 0 aliphatic rings. The summed E-state index contributed by atoms with van der Waals surface area (Å²) in [5, 5.41) is 1.03. The predicted octanol–water partition coefficient (Wildman–Crippen LogP) is 3.32. The van der Waals surface area contributed by atoms with Crippen molar-refractivity contribution in [1.29, 1.82) is 0 Å². The Morgan fingerprint density at radius 3 is 3.00 bits per heavy atom. The molecule has 0 aromatic carbocycles. The second-order valence-corrected chi connectivity index (χ2v) is 4.70. The third kappa shape index (κ3) is 3.56. The van der Waals surface area contributed by atoms with Crippen LogP contribution in [0.1, 0.15) is 19.8 Å². The van der Waals surface area contributed by atoms with E-state index in [-0.39, 0.29) is 0 Å². The zero-order valence-corrected chi connectivity index (χ0v) is 9.99. The van der Waals surface area contributed by atoms with Crippen molar-refractivity contribution in [3.63, 3.8) is 0 Å². The zero-order valence-electron chi connectivity index (χ0n) is 7.59. The fraction of sp³-hybridized carbons (Fsp3) is 0.444. The van der Waals surface area contributed by atoms with E-state index in [0.717, 1.165) is 15.3 Å². The molecule has 1 rings (SSSR count). The number of pyridine rings is 1. The normalized spacial score (nSPS) is 10.3. The van der Waals surface area contributed by atoms with E-state index in [1.807, 2.05) is 6.07 Å². The molecule has 1 heterocycles. The van der Waals surface area contributed by atoms with Crippen molar-refractivity contribution >= 4 is 33.4 Å². The van der Waals surface area contributed by atoms with E-state index in [9.17, 15) is 0 Å².